The van der Waals surface area contributed by atoms with E-state index in [9.17, 15) is 5.11 Å². The number of nitrogens with one attached hydrogen (secondary N) is 1. The molecule has 1 aromatic heterocycles. The maximum atomic E-state index is 9.98. The summed E-state index contributed by atoms with van der Waals surface area (Å²) in [5, 5.41) is 13.2. The molecular formula is C15H18N2O. The lowest BCUT2D eigenvalue weighted by Crippen LogP contribution is -2.12. The summed E-state index contributed by atoms with van der Waals surface area (Å²) in [6.07, 6.45) is 3.89. The van der Waals surface area contributed by atoms with E-state index in [4.69, 9.17) is 0 Å². The molecule has 2 N–H and O–H groups in total. The Bertz CT molecular complexity index is 468. The van der Waals surface area contributed by atoms with Crippen LogP contribution in [0.2, 0.25) is 0 Å². The number of pyridine rings is 1. The Morgan fingerprint density at radius 2 is 2.00 bits per heavy atom. The fraction of sp³-hybridized carbons (Fsp3) is 0.267. The van der Waals surface area contributed by atoms with Gasteiger partial charge in [-0.05, 0) is 30.2 Å². The monoisotopic (exact) mass is 242 g/mol. The van der Waals surface area contributed by atoms with Crippen LogP contribution in [0, 0.1) is 0 Å². The van der Waals surface area contributed by atoms with Crippen molar-refractivity contribution in [2.24, 2.45) is 0 Å². The van der Waals surface area contributed by atoms with Crippen LogP contribution in [-0.4, -0.2) is 16.6 Å². The molecule has 0 fully saturated rings. The third-order valence-corrected chi connectivity index (χ3v) is 2.93. The van der Waals surface area contributed by atoms with Gasteiger partial charge in [0.15, 0.2) is 0 Å². The van der Waals surface area contributed by atoms with Gasteiger partial charge in [-0.15, -0.1) is 0 Å². The molecule has 18 heavy (non-hydrogen) atoms. The number of aryl methyl sites for hydroxylation is 1. The molecule has 0 aliphatic rings. The largest absolute Gasteiger partial charge is 0.387 e. The lowest BCUT2D eigenvalue weighted by molar-refractivity contribution is 0.191. The van der Waals surface area contributed by atoms with Crippen LogP contribution in [0.3, 0.4) is 0 Å². The van der Waals surface area contributed by atoms with E-state index < -0.39 is 6.10 Å². The lowest BCUT2D eigenvalue weighted by Gasteiger charge is -2.13. The molecular weight excluding hydrogens is 224 g/mol. The molecule has 94 valence electrons. The standard InChI is InChI=1S/C15H18N2O/c1-2-12-5-7-14(8-6-12)17-11-15(18)13-4-3-9-16-10-13/h3-10,15,17-18H,2,11H2,1H3. The van der Waals surface area contributed by atoms with Crippen LogP contribution >= 0.6 is 0 Å². The van der Waals surface area contributed by atoms with Crippen molar-refractivity contribution in [2.45, 2.75) is 19.4 Å². The van der Waals surface area contributed by atoms with Gasteiger partial charge >= 0.3 is 0 Å². The molecule has 0 radical (unpaired) electrons. The average Bonchev–Trinajstić information content (AvgIpc) is 2.46. The lowest BCUT2D eigenvalue weighted by atomic mass is 10.1. The summed E-state index contributed by atoms with van der Waals surface area (Å²) in [4.78, 5) is 4.00. The Hall–Kier alpha value is -1.87. The van der Waals surface area contributed by atoms with Crippen molar-refractivity contribution in [3.63, 3.8) is 0 Å². The quantitative estimate of drug-likeness (QED) is 0.847. The first-order chi connectivity index (χ1) is 8.79. The molecule has 0 aliphatic carbocycles. The zero-order chi connectivity index (χ0) is 12.8. The molecule has 1 unspecified atom stereocenters. The third kappa shape index (κ3) is 3.31. The normalized spacial score (nSPS) is 12.1. The van der Waals surface area contributed by atoms with Crippen LogP contribution in [0.15, 0.2) is 48.8 Å². The van der Waals surface area contributed by atoms with Gasteiger partial charge in [0.2, 0.25) is 0 Å². The molecule has 2 aromatic rings. The number of aliphatic hydroxyl groups is 1. The van der Waals surface area contributed by atoms with Crippen molar-refractivity contribution >= 4 is 5.69 Å². The molecule has 0 aliphatic heterocycles. The van der Waals surface area contributed by atoms with E-state index in [1.54, 1.807) is 12.4 Å². The van der Waals surface area contributed by atoms with Gasteiger partial charge in [-0.2, -0.15) is 0 Å². The van der Waals surface area contributed by atoms with E-state index in [-0.39, 0.29) is 0 Å². The molecule has 1 atom stereocenters. The summed E-state index contributed by atoms with van der Waals surface area (Å²) in [6, 6.07) is 12.0. The smallest absolute Gasteiger partial charge is 0.0977 e. The zero-order valence-corrected chi connectivity index (χ0v) is 10.5. The van der Waals surface area contributed by atoms with Crippen LogP contribution in [0.1, 0.15) is 24.2 Å². The van der Waals surface area contributed by atoms with Gasteiger partial charge in [0.05, 0.1) is 6.10 Å². The van der Waals surface area contributed by atoms with E-state index in [2.05, 4.69) is 29.4 Å². The molecule has 0 spiro atoms. The summed E-state index contributed by atoms with van der Waals surface area (Å²) >= 11 is 0. The van der Waals surface area contributed by atoms with E-state index in [1.165, 1.54) is 5.56 Å². The number of hydrogen-bond donors (Lipinski definition) is 2. The van der Waals surface area contributed by atoms with Gasteiger partial charge in [0, 0.05) is 30.2 Å². The van der Waals surface area contributed by atoms with Gasteiger partial charge in [-0.3, -0.25) is 4.98 Å². The summed E-state index contributed by atoms with van der Waals surface area (Å²) in [6.45, 7) is 2.62. The van der Waals surface area contributed by atoms with Crippen LogP contribution in [0.4, 0.5) is 5.69 Å². The number of benzene rings is 1. The molecule has 3 heteroatoms. The van der Waals surface area contributed by atoms with Gasteiger partial charge < -0.3 is 10.4 Å². The minimum Gasteiger partial charge on any atom is -0.387 e. The first kappa shape index (κ1) is 12.6. The fourth-order valence-electron chi connectivity index (χ4n) is 1.76. The second-order valence-electron chi connectivity index (χ2n) is 4.23. The van der Waals surface area contributed by atoms with Crippen molar-refractivity contribution in [1.82, 2.24) is 4.98 Å². The second-order valence-corrected chi connectivity index (χ2v) is 4.23. The molecule has 1 aromatic carbocycles. The maximum absolute atomic E-state index is 9.98. The highest BCUT2D eigenvalue weighted by Crippen LogP contribution is 2.14. The van der Waals surface area contributed by atoms with E-state index in [1.807, 2.05) is 24.3 Å². The zero-order valence-electron chi connectivity index (χ0n) is 10.5. The van der Waals surface area contributed by atoms with Gasteiger partial charge in [0.25, 0.3) is 0 Å². The van der Waals surface area contributed by atoms with Crippen LogP contribution in [-0.2, 0) is 6.42 Å². The number of rotatable bonds is 5. The predicted molar refractivity (Wildman–Crippen MR) is 73.5 cm³/mol. The number of nitrogens with zero attached hydrogens (tertiary/aromatic N) is 1. The Labute approximate surface area is 108 Å². The van der Waals surface area contributed by atoms with Gasteiger partial charge in [0.1, 0.15) is 0 Å². The molecule has 0 saturated carbocycles. The Kier molecular flexibility index (Phi) is 4.31. The summed E-state index contributed by atoms with van der Waals surface area (Å²) < 4.78 is 0. The molecule has 0 amide bonds. The molecule has 0 saturated heterocycles. The van der Waals surface area contributed by atoms with Crippen LogP contribution in [0.5, 0.6) is 0 Å². The second kappa shape index (κ2) is 6.17. The van der Waals surface area contributed by atoms with Gasteiger partial charge in [-0.25, -0.2) is 0 Å². The highest BCUT2D eigenvalue weighted by molar-refractivity contribution is 5.44. The third-order valence-electron chi connectivity index (χ3n) is 2.93. The van der Waals surface area contributed by atoms with Crippen molar-refractivity contribution in [3.05, 3.63) is 59.9 Å². The van der Waals surface area contributed by atoms with E-state index in [0.29, 0.717) is 6.54 Å². The highest BCUT2D eigenvalue weighted by atomic mass is 16.3. The Balaban J connectivity index is 1.91. The van der Waals surface area contributed by atoms with Crippen molar-refractivity contribution in [2.75, 3.05) is 11.9 Å². The Morgan fingerprint density at radius 3 is 2.61 bits per heavy atom. The van der Waals surface area contributed by atoms with Gasteiger partial charge in [-0.1, -0.05) is 25.1 Å². The number of aromatic nitrogens is 1. The van der Waals surface area contributed by atoms with Crippen molar-refractivity contribution in [3.8, 4) is 0 Å². The summed E-state index contributed by atoms with van der Waals surface area (Å²) in [7, 11) is 0. The minimum atomic E-state index is -0.537. The predicted octanol–water partition coefficient (Wildman–Crippen LogP) is 2.79. The summed E-state index contributed by atoms with van der Waals surface area (Å²) in [5.74, 6) is 0. The van der Waals surface area contributed by atoms with Crippen LogP contribution in [0.25, 0.3) is 0 Å². The average molecular weight is 242 g/mol. The maximum Gasteiger partial charge on any atom is 0.0977 e. The van der Waals surface area contributed by atoms with Crippen molar-refractivity contribution in [1.29, 1.82) is 0 Å². The minimum absolute atomic E-state index is 0.483. The number of anilines is 1. The fourth-order valence-corrected chi connectivity index (χ4v) is 1.76. The Morgan fingerprint density at radius 1 is 1.22 bits per heavy atom. The first-order valence-corrected chi connectivity index (χ1v) is 6.20. The molecule has 0 bridgehead atoms. The molecule has 3 nitrogen and oxygen atoms in total. The highest BCUT2D eigenvalue weighted by Gasteiger charge is 2.06. The number of hydrogen-bond acceptors (Lipinski definition) is 3. The topological polar surface area (TPSA) is 45.1 Å². The SMILES string of the molecule is CCc1ccc(NCC(O)c2cccnc2)cc1. The molecule has 2 rings (SSSR count). The molecule has 1 heterocycles. The van der Waals surface area contributed by atoms with Crippen LogP contribution < -0.4 is 5.32 Å². The van der Waals surface area contributed by atoms with E-state index >= 15 is 0 Å². The first-order valence-electron chi connectivity index (χ1n) is 6.20. The van der Waals surface area contributed by atoms with E-state index in [0.717, 1.165) is 17.7 Å². The van der Waals surface area contributed by atoms with Crippen molar-refractivity contribution < 1.29 is 5.11 Å². The number of aliphatic hydroxyl groups excluding tert-OH is 1. The summed E-state index contributed by atoms with van der Waals surface area (Å²) in [5.41, 5.74) is 3.17.